The number of benzene rings is 1. The lowest BCUT2D eigenvalue weighted by molar-refractivity contribution is -0.124. The molecule has 1 aromatic rings. The third-order valence-electron chi connectivity index (χ3n) is 3.40. The molecule has 1 atom stereocenters. The van der Waals surface area contributed by atoms with Gasteiger partial charge in [-0.1, -0.05) is 17.7 Å². The predicted octanol–water partition coefficient (Wildman–Crippen LogP) is 1.01. The first-order valence-corrected chi connectivity index (χ1v) is 7.04. The van der Waals surface area contributed by atoms with E-state index >= 15 is 0 Å². The number of nitrogens with zero attached hydrogens (tertiary/aromatic N) is 1. The Bertz CT molecular complexity index is 481. The monoisotopic (exact) mass is 297 g/mol. The lowest BCUT2D eigenvalue weighted by Gasteiger charge is -2.37. The molecule has 5 nitrogen and oxygen atoms in total. The summed E-state index contributed by atoms with van der Waals surface area (Å²) in [6.07, 6.45) is 0. The SMILES string of the molecule is CNCc1ccc(Cl)cc1N1CCOCC1C(=O)NC. The molecule has 110 valence electrons. The molecule has 2 rings (SSSR count). The van der Waals surface area contributed by atoms with Crippen LogP contribution in [0.2, 0.25) is 5.02 Å². The highest BCUT2D eigenvalue weighted by molar-refractivity contribution is 6.30. The number of rotatable bonds is 4. The first-order valence-electron chi connectivity index (χ1n) is 6.66. The molecule has 1 saturated heterocycles. The number of hydrogen-bond donors (Lipinski definition) is 2. The van der Waals surface area contributed by atoms with Crippen molar-refractivity contribution in [3.05, 3.63) is 28.8 Å². The van der Waals surface area contributed by atoms with E-state index in [2.05, 4.69) is 15.5 Å². The Morgan fingerprint density at radius 3 is 3.00 bits per heavy atom. The molecule has 1 aliphatic heterocycles. The number of nitrogens with one attached hydrogen (secondary N) is 2. The van der Waals surface area contributed by atoms with Gasteiger partial charge >= 0.3 is 0 Å². The maximum absolute atomic E-state index is 12.0. The van der Waals surface area contributed by atoms with Gasteiger partial charge in [0.2, 0.25) is 5.91 Å². The second-order valence-electron chi connectivity index (χ2n) is 4.70. The summed E-state index contributed by atoms with van der Waals surface area (Å²) in [5.74, 6) is -0.0416. The summed E-state index contributed by atoms with van der Waals surface area (Å²) in [4.78, 5) is 14.1. The number of carbonyl (C=O) groups excluding carboxylic acids is 1. The van der Waals surface area contributed by atoms with Gasteiger partial charge in [-0.25, -0.2) is 0 Å². The summed E-state index contributed by atoms with van der Waals surface area (Å²) in [5, 5.41) is 6.50. The minimum atomic E-state index is -0.317. The van der Waals surface area contributed by atoms with Crippen molar-refractivity contribution in [2.24, 2.45) is 0 Å². The van der Waals surface area contributed by atoms with Gasteiger partial charge in [-0.05, 0) is 24.7 Å². The van der Waals surface area contributed by atoms with Crippen molar-refractivity contribution in [2.75, 3.05) is 38.8 Å². The van der Waals surface area contributed by atoms with Gasteiger partial charge in [0, 0.05) is 30.8 Å². The van der Waals surface area contributed by atoms with Crippen molar-refractivity contribution in [1.82, 2.24) is 10.6 Å². The molecule has 0 aromatic heterocycles. The van der Waals surface area contributed by atoms with Gasteiger partial charge in [0.15, 0.2) is 0 Å². The van der Waals surface area contributed by atoms with Crippen LogP contribution in [0.5, 0.6) is 0 Å². The molecule has 1 aliphatic rings. The highest BCUT2D eigenvalue weighted by Gasteiger charge is 2.30. The number of morpholine rings is 1. The van der Waals surface area contributed by atoms with E-state index in [1.54, 1.807) is 7.05 Å². The zero-order chi connectivity index (χ0) is 14.5. The average molecular weight is 298 g/mol. The maximum Gasteiger partial charge on any atom is 0.244 e. The Morgan fingerprint density at radius 2 is 2.30 bits per heavy atom. The lowest BCUT2D eigenvalue weighted by atomic mass is 10.1. The number of ether oxygens (including phenoxy) is 1. The van der Waals surface area contributed by atoms with Gasteiger partial charge in [0.1, 0.15) is 6.04 Å². The smallest absolute Gasteiger partial charge is 0.244 e. The van der Waals surface area contributed by atoms with E-state index in [1.807, 2.05) is 25.2 Å². The van der Waals surface area contributed by atoms with E-state index < -0.39 is 0 Å². The molecule has 2 N–H and O–H groups in total. The Balaban J connectivity index is 2.35. The van der Waals surface area contributed by atoms with Crippen LogP contribution in [0, 0.1) is 0 Å². The lowest BCUT2D eigenvalue weighted by Crippen LogP contribution is -2.53. The van der Waals surface area contributed by atoms with Crippen molar-refractivity contribution < 1.29 is 9.53 Å². The largest absolute Gasteiger partial charge is 0.377 e. The zero-order valence-corrected chi connectivity index (χ0v) is 12.5. The van der Waals surface area contributed by atoms with Crippen LogP contribution >= 0.6 is 11.6 Å². The number of hydrogen-bond acceptors (Lipinski definition) is 4. The van der Waals surface area contributed by atoms with E-state index in [0.717, 1.165) is 17.8 Å². The summed E-state index contributed by atoms with van der Waals surface area (Å²) >= 11 is 6.12. The molecular weight excluding hydrogens is 278 g/mol. The fourth-order valence-electron chi connectivity index (χ4n) is 2.42. The standard InChI is InChI=1S/C14H20ClN3O2/c1-16-8-10-3-4-11(15)7-12(10)18-5-6-20-9-13(18)14(19)17-2/h3-4,7,13,16H,5-6,8-9H2,1-2H3,(H,17,19). The zero-order valence-electron chi connectivity index (χ0n) is 11.8. The number of anilines is 1. The molecule has 1 unspecified atom stereocenters. The number of likely N-dealkylation sites (N-methyl/N-ethyl adjacent to an activating group) is 1. The minimum Gasteiger partial charge on any atom is -0.377 e. The van der Waals surface area contributed by atoms with Crippen LogP contribution < -0.4 is 15.5 Å². The number of halogens is 1. The van der Waals surface area contributed by atoms with Crippen LogP contribution in [0.25, 0.3) is 0 Å². The summed E-state index contributed by atoms with van der Waals surface area (Å²) in [7, 11) is 3.54. The predicted molar refractivity (Wildman–Crippen MR) is 80.2 cm³/mol. The van der Waals surface area contributed by atoms with Gasteiger partial charge in [-0.3, -0.25) is 4.79 Å². The third-order valence-corrected chi connectivity index (χ3v) is 3.64. The molecule has 0 spiro atoms. The van der Waals surface area contributed by atoms with Crippen LogP contribution in [0.3, 0.4) is 0 Å². The number of amides is 1. The number of carbonyl (C=O) groups is 1. The van der Waals surface area contributed by atoms with E-state index in [1.165, 1.54) is 0 Å². The van der Waals surface area contributed by atoms with Gasteiger partial charge in [-0.2, -0.15) is 0 Å². The van der Waals surface area contributed by atoms with Crippen LogP contribution in [0.4, 0.5) is 5.69 Å². The van der Waals surface area contributed by atoms with Gasteiger partial charge in [0.25, 0.3) is 0 Å². The van der Waals surface area contributed by atoms with Gasteiger partial charge in [0.05, 0.1) is 13.2 Å². The molecule has 1 aromatic carbocycles. The van der Waals surface area contributed by atoms with Crippen LogP contribution in [-0.4, -0.2) is 45.8 Å². The molecule has 0 aliphatic carbocycles. The maximum atomic E-state index is 12.0. The summed E-state index contributed by atoms with van der Waals surface area (Å²) < 4.78 is 5.44. The Labute approximate surface area is 124 Å². The van der Waals surface area contributed by atoms with Crippen molar-refractivity contribution >= 4 is 23.2 Å². The van der Waals surface area contributed by atoms with E-state index in [4.69, 9.17) is 16.3 Å². The fourth-order valence-corrected chi connectivity index (χ4v) is 2.59. The first-order chi connectivity index (χ1) is 9.67. The quantitative estimate of drug-likeness (QED) is 0.871. The Hall–Kier alpha value is -1.30. The fraction of sp³-hybridized carbons (Fsp3) is 0.500. The van der Waals surface area contributed by atoms with Crippen molar-refractivity contribution in [3.8, 4) is 0 Å². The summed E-state index contributed by atoms with van der Waals surface area (Å²) in [6.45, 7) is 2.41. The van der Waals surface area contributed by atoms with E-state index in [-0.39, 0.29) is 11.9 Å². The van der Waals surface area contributed by atoms with Crippen molar-refractivity contribution in [1.29, 1.82) is 0 Å². The highest BCUT2D eigenvalue weighted by Crippen LogP contribution is 2.28. The molecule has 1 amide bonds. The second kappa shape index (κ2) is 6.92. The molecule has 6 heteroatoms. The highest BCUT2D eigenvalue weighted by atomic mass is 35.5. The van der Waals surface area contributed by atoms with Crippen LogP contribution in [0.15, 0.2) is 18.2 Å². The van der Waals surface area contributed by atoms with Crippen molar-refractivity contribution in [2.45, 2.75) is 12.6 Å². The molecule has 0 bridgehead atoms. The Morgan fingerprint density at radius 1 is 1.50 bits per heavy atom. The summed E-state index contributed by atoms with van der Waals surface area (Å²) in [6, 6.07) is 5.45. The Kier molecular flexibility index (Phi) is 5.23. The van der Waals surface area contributed by atoms with E-state index in [0.29, 0.717) is 24.8 Å². The molecule has 0 saturated carbocycles. The topological polar surface area (TPSA) is 53.6 Å². The minimum absolute atomic E-state index is 0.0416. The average Bonchev–Trinajstić information content (AvgIpc) is 2.48. The van der Waals surface area contributed by atoms with Crippen LogP contribution in [-0.2, 0) is 16.1 Å². The second-order valence-corrected chi connectivity index (χ2v) is 5.14. The van der Waals surface area contributed by atoms with E-state index in [9.17, 15) is 4.79 Å². The molecule has 1 heterocycles. The van der Waals surface area contributed by atoms with Gasteiger partial charge in [-0.15, -0.1) is 0 Å². The first kappa shape index (κ1) is 15.1. The van der Waals surface area contributed by atoms with Crippen molar-refractivity contribution in [3.63, 3.8) is 0 Å². The molecule has 1 fully saturated rings. The van der Waals surface area contributed by atoms with Gasteiger partial charge < -0.3 is 20.3 Å². The summed E-state index contributed by atoms with van der Waals surface area (Å²) in [5.41, 5.74) is 2.11. The molecule has 0 radical (unpaired) electrons. The van der Waals surface area contributed by atoms with Crippen LogP contribution in [0.1, 0.15) is 5.56 Å². The third kappa shape index (κ3) is 3.23. The molecule has 20 heavy (non-hydrogen) atoms. The normalized spacial score (nSPS) is 18.9. The molecular formula is C14H20ClN3O2.